The van der Waals surface area contributed by atoms with E-state index in [1.165, 1.54) is 10.9 Å². The highest BCUT2D eigenvalue weighted by Gasteiger charge is 2.16. The summed E-state index contributed by atoms with van der Waals surface area (Å²) in [5.41, 5.74) is 2.30. The first-order chi connectivity index (χ1) is 6.45. The molecule has 2 heterocycles. The summed E-state index contributed by atoms with van der Waals surface area (Å²) in [5, 5.41) is 1.24. The topological polar surface area (TPSA) is 17.0 Å². The van der Waals surface area contributed by atoms with E-state index in [2.05, 4.69) is 22.8 Å². The minimum Gasteiger partial charge on any atom is -0.459 e. The maximum Gasteiger partial charge on any atom is 0.247 e. The average Bonchev–Trinajstić information content (AvgIpc) is 2.56. The molecule has 2 heteroatoms. The molecule has 0 spiro atoms. The van der Waals surface area contributed by atoms with Gasteiger partial charge in [0.05, 0.1) is 5.39 Å². The lowest BCUT2D eigenvalue weighted by Crippen LogP contribution is -2.27. The summed E-state index contributed by atoms with van der Waals surface area (Å²) in [7, 11) is 0. The van der Waals surface area contributed by atoms with Crippen molar-refractivity contribution in [3.05, 3.63) is 49.1 Å². The fourth-order valence-electron chi connectivity index (χ4n) is 1.66. The van der Waals surface area contributed by atoms with E-state index in [0.29, 0.717) is 0 Å². The summed E-state index contributed by atoms with van der Waals surface area (Å²) in [6.45, 7) is 0. The van der Waals surface area contributed by atoms with Gasteiger partial charge >= 0.3 is 0 Å². The lowest BCUT2D eigenvalue weighted by molar-refractivity contribution is -0.567. The number of fused-ring (bicyclic) bond motifs is 3. The second kappa shape index (κ2) is 2.33. The van der Waals surface area contributed by atoms with Gasteiger partial charge in [0.25, 0.3) is 0 Å². The molecular weight excluding hydrogens is 162 g/mol. The number of benzene rings is 1. The number of hydrogen-bond donors (Lipinski definition) is 0. The third-order valence-corrected chi connectivity index (χ3v) is 2.26. The Balaban J connectivity index is 2.56. The Morgan fingerprint density at radius 1 is 1.15 bits per heavy atom. The molecule has 0 unspecified atom stereocenters. The van der Waals surface area contributed by atoms with Gasteiger partial charge in [-0.3, -0.25) is 0 Å². The van der Waals surface area contributed by atoms with Crippen molar-refractivity contribution in [2.75, 3.05) is 0 Å². The van der Waals surface area contributed by atoms with Crippen LogP contribution in [-0.4, -0.2) is 0 Å². The Hall–Kier alpha value is -1.83. The van der Waals surface area contributed by atoms with Crippen molar-refractivity contribution in [3.8, 4) is 5.69 Å². The molecule has 0 saturated heterocycles. The van der Waals surface area contributed by atoms with Gasteiger partial charge in [0.2, 0.25) is 17.4 Å². The Morgan fingerprint density at radius 2 is 2.08 bits per heavy atom. The highest BCUT2D eigenvalue weighted by Crippen LogP contribution is 2.15. The minimum absolute atomic E-state index is 1.09. The van der Waals surface area contributed by atoms with Crippen molar-refractivity contribution in [2.45, 2.75) is 0 Å². The van der Waals surface area contributed by atoms with Gasteiger partial charge in [-0.25, -0.2) is 0 Å². The third kappa shape index (κ3) is 0.855. The zero-order chi connectivity index (χ0) is 8.67. The summed E-state index contributed by atoms with van der Waals surface area (Å²) in [4.78, 5) is 0. The van der Waals surface area contributed by atoms with E-state index in [1.54, 1.807) is 12.5 Å². The van der Waals surface area contributed by atoms with Crippen LogP contribution < -0.4 is 4.57 Å². The standard InChI is InChI=1S/C11H8NO/c1-2-4-11-9(3-1)7-10-8-13-6-5-12(10)11/h1-8H/q+1. The predicted octanol–water partition coefficient (Wildman–Crippen LogP) is 2.15. The summed E-state index contributed by atoms with van der Waals surface area (Å²) < 4.78 is 7.21. The fourth-order valence-corrected chi connectivity index (χ4v) is 1.66. The van der Waals surface area contributed by atoms with E-state index in [1.807, 2.05) is 18.3 Å². The summed E-state index contributed by atoms with van der Waals surface area (Å²) in [5.74, 6) is 0. The fraction of sp³-hybridized carbons (Fsp3) is 0. The predicted molar refractivity (Wildman–Crippen MR) is 48.9 cm³/mol. The van der Waals surface area contributed by atoms with Gasteiger partial charge in [-0.1, -0.05) is 12.1 Å². The maximum absolute atomic E-state index is 5.10. The van der Waals surface area contributed by atoms with E-state index < -0.39 is 0 Å². The molecular formula is C11H8NO+. The van der Waals surface area contributed by atoms with Crippen molar-refractivity contribution in [3.63, 3.8) is 0 Å². The van der Waals surface area contributed by atoms with Crippen LogP contribution in [0.25, 0.3) is 16.6 Å². The lowest BCUT2D eigenvalue weighted by Gasteiger charge is -1.89. The third-order valence-electron chi connectivity index (χ3n) is 2.26. The van der Waals surface area contributed by atoms with E-state index in [-0.39, 0.29) is 0 Å². The van der Waals surface area contributed by atoms with Crippen LogP contribution >= 0.6 is 0 Å². The number of rotatable bonds is 0. The van der Waals surface area contributed by atoms with Crippen molar-refractivity contribution in [1.29, 1.82) is 0 Å². The molecule has 13 heavy (non-hydrogen) atoms. The maximum atomic E-state index is 5.10. The van der Waals surface area contributed by atoms with Crippen LogP contribution in [0.5, 0.6) is 0 Å². The first-order valence-corrected chi connectivity index (χ1v) is 4.20. The largest absolute Gasteiger partial charge is 0.459 e. The van der Waals surface area contributed by atoms with Gasteiger partial charge in [0.1, 0.15) is 0 Å². The molecule has 1 aromatic carbocycles. The van der Waals surface area contributed by atoms with Crippen LogP contribution in [0, 0.1) is 0 Å². The quantitative estimate of drug-likeness (QED) is 0.472. The minimum atomic E-state index is 1.09. The molecule has 0 aliphatic carbocycles. The van der Waals surface area contributed by atoms with Gasteiger partial charge in [0, 0.05) is 12.1 Å². The van der Waals surface area contributed by atoms with E-state index in [0.717, 1.165) is 5.69 Å². The molecule has 2 nitrogen and oxygen atoms in total. The highest BCUT2D eigenvalue weighted by molar-refractivity contribution is 5.78. The number of aromatic nitrogens is 1. The Bertz CT molecular complexity index is 527. The van der Waals surface area contributed by atoms with Crippen molar-refractivity contribution in [2.24, 2.45) is 0 Å². The molecule has 0 N–H and O–H groups in total. The zero-order valence-corrected chi connectivity index (χ0v) is 6.97. The van der Waals surface area contributed by atoms with E-state index in [4.69, 9.17) is 4.42 Å². The van der Waals surface area contributed by atoms with E-state index >= 15 is 0 Å². The molecule has 62 valence electrons. The Morgan fingerprint density at radius 3 is 3.08 bits per heavy atom. The molecule has 0 bridgehead atoms. The highest BCUT2D eigenvalue weighted by atomic mass is 16.3. The number of hydrogen-bond acceptors (Lipinski definition) is 1. The van der Waals surface area contributed by atoms with Crippen LogP contribution in [0.15, 0.2) is 53.5 Å². The van der Waals surface area contributed by atoms with Crippen molar-refractivity contribution in [1.82, 2.24) is 0 Å². The van der Waals surface area contributed by atoms with Gasteiger partial charge in [-0.05, 0) is 6.07 Å². The molecule has 0 atom stereocenters. The summed E-state index contributed by atoms with van der Waals surface area (Å²) in [6, 6.07) is 10.4. The Kier molecular flexibility index (Phi) is 1.19. The van der Waals surface area contributed by atoms with Crippen LogP contribution in [-0.2, 0) is 0 Å². The van der Waals surface area contributed by atoms with Crippen LogP contribution in [0.2, 0.25) is 0 Å². The second-order valence-electron chi connectivity index (χ2n) is 3.04. The Labute approximate surface area is 75.4 Å². The van der Waals surface area contributed by atoms with Crippen LogP contribution in [0.1, 0.15) is 0 Å². The monoisotopic (exact) mass is 170 g/mol. The molecule has 0 fully saturated rings. The van der Waals surface area contributed by atoms with Crippen LogP contribution in [0.3, 0.4) is 0 Å². The van der Waals surface area contributed by atoms with Gasteiger partial charge in [0.15, 0.2) is 12.5 Å². The zero-order valence-electron chi connectivity index (χ0n) is 6.97. The molecule has 0 radical (unpaired) electrons. The molecule has 2 aliphatic rings. The SMILES string of the molecule is c1ccc2c(c1)cc1cocc[n+]2-1. The van der Waals surface area contributed by atoms with Gasteiger partial charge in [-0.15, -0.1) is 0 Å². The van der Waals surface area contributed by atoms with Gasteiger partial charge in [-0.2, -0.15) is 4.57 Å². The lowest BCUT2D eigenvalue weighted by atomic mass is 10.2. The molecule has 3 rings (SSSR count). The van der Waals surface area contributed by atoms with Crippen molar-refractivity contribution >= 4 is 10.9 Å². The normalized spacial score (nSPS) is 11.1. The molecule has 0 aromatic heterocycles. The summed E-state index contributed by atoms with van der Waals surface area (Å²) in [6.07, 6.45) is 5.36. The van der Waals surface area contributed by atoms with Crippen molar-refractivity contribution < 1.29 is 8.98 Å². The van der Waals surface area contributed by atoms with E-state index in [9.17, 15) is 0 Å². The number of para-hydroxylation sites is 1. The average molecular weight is 170 g/mol. The molecule has 0 saturated carbocycles. The second-order valence-corrected chi connectivity index (χ2v) is 3.04. The smallest absolute Gasteiger partial charge is 0.247 e. The van der Waals surface area contributed by atoms with Crippen LogP contribution in [0.4, 0.5) is 0 Å². The van der Waals surface area contributed by atoms with Gasteiger partial charge < -0.3 is 4.42 Å². The molecule has 2 aliphatic heterocycles. The first kappa shape index (κ1) is 6.66. The number of nitrogens with zero attached hydrogens (tertiary/aromatic N) is 1. The molecule has 0 amide bonds. The first-order valence-electron chi connectivity index (χ1n) is 4.20. The summed E-state index contributed by atoms with van der Waals surface area (Å²) >= 11 is 0. The molecule has 1 aromatic rings.